The van der Waals surface area contributed by atoms with Crippen LogP contribution in [0.15, 0.2) is 53.1 Å². The van der Waals surface area contributed by atoms with Crippen molar-refractivity contribution in [1.29, 1.82) is 0 Å². The Bertz CT molecular complexity index is 1100. The second kappa shape index (κ2) is 10.5. The van der Waals surface area contributed by atoms with Crippen LogP contribution < -0.4 is 10.8 Å². The minimum absolute atomic E-state index is 0.140. The van der Waals surface area contributed by atoms with Crippen LogP contribution >= 0.6 is 0 Å². The van der Waals surface area contributed by atoms with E-state index < -0.39 is 5.91 Å². The molecule has 0 bridgehead atoms. The third kappa shape index (κ3) is 5.67. The molecule has 3 rings (SSSR count). The summed E-state index contributed by atoms with van der Waals surface area (Å²) in [5.41, 5.74) is 5.21. The Morgan fingerprint density at radius 3 is 2.25 bits per heavy atom. The maximum Gasteiger partial charge on any atom is 0.243 e. The molecule has 0 aliphatic carbocycles. The topological polar surface area (TPSA) is 122 Å². The van der Waals surface area contributed by atoms with E-state index >= 15 is 0 Å². The Morgan fingerprint density at radius 2 is 1.62 bits per heavy atom. The van der Waals surface area contributed by atoms with E-state index in [0.29, 0.717) is 41.1 Å². The van der Waals surface area contributed by atoms with Crippen LogP contribution in [0.1, 0.15) is 53.1 Å². The molecule has 0 spiro atoms. The number of hydrogen-bond donors (Lipinski definition) is 3. The van der Waals surface area contributed by atoms with Gasteiger partial charge in [0.05, 0.1) is 5.69 Å². The maximum atomic E-state index is 13.1. The Hall–Kier alpha value is -3.78. The highest BCUT2D eigenvalue weighted by molar-refractivity contribution is 6.10. The number of anilines is 1. The molecule has 8 nitrogen and oxygen atoms in total. The van der Waals surface area contributed by atoms with Crippen LogP contribution in [0.4, 0.5) is 5.69 Å². The van der Waals surface area contributed by atoms with Crippen molar-refractivity contribution in [3.8, 4) is 11.1 Å². The number of nitrogens with zero attached hydrogens (tertiary/aromatic N) is 1. The van der Waals surface area contributed by atoms with Crippen molar-refractivity contribution < 1.29 is 24.1 Å². The number of hydrogen-bond acceptors (Lipinski definition) is 6. The van der Waals surface area contributed by atoms with Gasteiger partial charge in [0.15, 0.2) is 5.78 Å². The van der Waals surface area contributed by atoms with Gasteiger partial charge in [-0.3, -0.25) is 19.6 Å². The SMILES string of the molecule is Cc1noc(C)c1-c1cc(NC(=O)CCCCC(=O)NO)cc(C(=O)c2ccccc2)c1. The molecule has 3 aromatic rings. The quantitative estimate of drug-likeness (QED) is 0.200. The molecule has 0 aliphatic heterocycles. The largest absolute Gasteiger partial charge is 0.361 e. The highest BCUT2D eigenvalue weighted by Crippen LogP contribution is 2.31. The number of carbonyl (C=O) groups excluding carboxylic acids is 3. The van der Waals surface area contributed by atoms with Crippen LogP contribution in [0.3, 0.4) is 0 Å². The summed E-state index contributed by atoms with van der Waals surface area (Å²) < 4.78 is 5.28. The summed E-state index contributed by atoms with van der Waals surface area (Å²) in [4.78, 5) is 36.6. The van der Waals surface area contributed by atoms with Gasteiger partial charge in [-0.05, 0) is 50.5 Å². The molecule has 0 aliphatic rings. The van der Waals surface area contributed by atoms with E-state index in [2.05, 4.69) is 10.5 Å². The van der Waals surface area contributed by atoms with Crippen molar-refractivity contribution in [3.63, 3.8) is 0 Å². The molecule has 0 atom stereocenters. The number of nitrogens with one attached hydrogen (secondary N) is 2. The smallest absolute Gasteiger partial charge is 0.243 e. The fourth-order valence-electron chi connectivity index (χ4n) is 3.48. The van der Waals surface area contributed by atoms with E-state index in [-0.39, 0.29) is 24.5 Å². The zero-order valence-electron chi connectivity index (χ0n) is 18.0. The fourth-order valence-corrected chi connectivity index (χ4v) is 3.48. The molecule has 0 saturated heterocycles. The first kappa shape index (κ1) is 22.9. The molecular weight excluding hydrogens is 410 g/mol. The molecule has 32 heavy (non-hydrogen) atoms. The van der Waals surface area contributed by atoms with Gasteiger partial charge in [0.25, 0.3) is 0 Å². The molecule has 2 amide bonds. The lowest BCUT2D eigenvalue weighted by molar-refractivity contribution is -0.129. The molecule has 0 saturated carbocycles. The first-order valence-electron chi connectivity index (χ1n) is 10.3. The van der Waals surface area contributed by atoms with E-state index in [9.17, 15) is 14.4 Å². The summed E-state index contributed by atoms with van der Waals surface area (Å²) in [6.07, 6.45) is 1.30. The molecule has 1 heterocycles. The van der Waals surface area contributed by atoms with E-state index in [4.69, 9.17) is 9.73 Å². The van der Waals surface area contributed by atoms with Gasteiger partial charge >= 0.3 is 0 Å². The van der Waals surface area contributed by atoms with Crippen LogP contribution in [-0.2, 0) is 9.59 Å². The van der Waals surface area contributed by atoms with Crippen molar-refractivity contribution in [2.75, 3.05) is 5.32 Å². The summed E-state index contributed by atoms with van der Waals surface area (Å²) in [7, 11) is 0. The molecule has 0 unspecified atom stereocenters. The summed E-state index contributed by atoms with van der Waals surface area (Å²) in [6, 6.07) is 14.1. The van der Waals surface area contributed by atoms with E-state index in [1.165, 1.54) is 0 Å². The number of amides is 2. The van der Waals surface area contributed by atoms with Gasteiger partial charge in [-0.1, -0.05) is 35.5 Å². The molecule has 0 fully saturated rings. The standard InChI is InChI=1S/C24H25N3O5/c1-15-23(16(2)32-27-15)18-12-19(24(30)17-8-4-3-5-9-17)14-20(13-18)25-21(28)10-6-7-11-22(29)26-31/h3-5,8-9,12-14,31H,6-7,10-11H2,1-2H3,(H,25,28)(H,26,29). The zero-order valence-corrected chi connectivity index (χ0v) is 18.0. The zero-order chi connectivity index (χ0) is 23.1. The minimum atomic E-state index is -0.485. The number of hydroxylamine groups is 1. The predicted octanol–water partition coefficient (Wildman–Crippen LogP) is 4.19. The minimum Gasteiger partial charge on any atom is -0.361 e. The number of carbonyl (C=O) groups is 3. The van der Waals surface area contributed by atoms with Gasteiger partial charge in [0.2, 0.25) is 11.8 Å². The Balaban J connectivity index is 1.85. The second-order valence-electron chi connectivity index (χ2n) is 7.48. The highest BCUT2D eigenvalue weighted by Gasteiger charge is 2.17. The lowest BCUT2D eigenvalue weighted by Gasteiger charge is -2.11. The van der Waals surface area contributed by atoms with Gasteiger partial charge in [-0.25, -0.2) is 5.48 Å². The average Bonchev–Trinajstić information content (AvgIpc) is 3.14. The van der Waals surface area contributed by atoms with Crippen LogP contribution in [0, 0.1) is 13.8 Å². The molecule has 2 aromatic carbocycles. The van der Waals surface area contributed by atoms with Crippen LogP contribution in [0.25, 0.3) is 11.1 Å². The third-order valence-electron chi connectivity index (χ3n) is 5.02. The summed E-state index contributed by atoms with van der Waals surface area (Å²) in [5, 5.41) is 15.3. The van der Waals surface area contributed by atoms with Crippen LogP contribution in [0.5, 0.6) is 0 Å². The van der Waals surface area contributed by atoms with E-state index in [1.807, 2.05) is 13.0 Å². The Labute approximate surface area is 185 Å². The van der Waals surface area contributed by atoms with Crippen molar-refractivity contribution in [1.82, 2.24) is 10.6 Å². The summed E-state index contributed by atoms with van der Waals surface area (Å²) in [5.74, 6) is -0.263. The molecule has 166 valence electrons. The molecule has 3 N–H and O–H groups in total. The maximum absolute atomic E-state index is 13.1. The van der Waals surface area contributed by atoms with Gasteiger partial charge in [0.1, 0.15) is 5.76 Å². The van der Waals surface area contributed by atoms with E-state index in [0.717, 1.165) is 11.1 Å². The van der Waals surface area contributed by atoms with Gasteiger partial charge in [-0.15, -0.1) is 0 Å². The third-order valence-corrected chi connectivity index (χ3v) is 5.02. The lowest BCUT2D eigenvalue weighted by atomic mass is 9.96. The molecular formula is C24H25N3O5. The number of aryl methyl sites for hydroxylation is 2. The van der Waals surface area contributed by atoms with E-state index in [1.54, 1.807) is 54.9 Å². The van der Waals surface area contributed by atoms with Crippen molar-refractivity contribution in [3.05, 3.63) is 71.1 Å². The number of rotatable bonds is 9. The Morgan fingerprint density at radius 1 is 0.938 bits per heavy atom. The van der Waals surface area contributed by atoms with Crippen LogP contribution in [0.2, 0.25) is 0 Å². The first-order chi connectivity index (χ1) is 15.4. The summed E-state index contributed by atoms with van der Waals surface area (Å²) >= 11 is 0. The normalized spacial score (nSPS) is 10.6. The molecule has 8 heteroatoms. The van der Waals surface area contributed by atoms with Crippen molar-refractivity contribution in [2.24, 2.45) is 0 Å². The monoisotopic (exact) mass is 435 g/mol. The average molecular weight is 435 g/mol. The van der Waals surface area contributed by atoms with Crippen molar-refractivity contribution in [2.45, 2.75) is 39.5 Å². The van der Waals surface area contributed by atoms with Crippen LogP contribution in [-0.4, -0.2) is 28.0 Å². The number of aromatic nitrogens is 1. The van der Waals surface area contributed by atoms with Crippen molar-refractivity contribution >= 4 is 23.3 Å². The highest BCUT2D eigenvalue weighted by atomic mass is 16.5. The second-order valence-corrected chi connectivity index (χ2v) is 7.48. The lowest BCUT2D eigenvalue weighted by Crippen LogP contribution is -2.18. The van der Waals surface area contributed by atoms with Gasteiger partial charge < -0.3 is 9.84 Å². The Kier molecular flexibility index (Phi) is 7.51. The van der Waals surface area contributed by atoms with Gasteiger partial charge in [-0.2, -0.15) is 0 Å². The number of ketones is 1. The number of benzene rings is 2. The van der Waals surface area contributed by atoms with Gasteiger partial charge in [0, 0.05) is 35.2 Å². The fraction of sp³-hybridized carbons (Fsp3) is 0.250. The molecule has 0 radical (unpaired) electrons. The summed E-state index contributed by atoms with van der Waals surface area (Å²) in [6.45, 7) is 3.61. The first-order valence-corrected chi connectivity index (χ1v) is 10.3. The molecule has 1 aromatic heterocycles. The number of unbranched alkanes of at least 4 members (excludes halogenated alkanes) is 1. The predicted molar refractivity (Wildman–Crippen MR) is 118 cm³/mol.